The smallest absolute Gasteiger partial charge is 0.358 e. The molecule has 4 aromatic rings. The lowest BCUT2D eigenvalue weighted by Crippen LogP contribution is -2.16. The van der Waals surface area contributed by atoms with E-state index in [4.69, 9.17) is 9.05 Å². The second-order valence-corrected chi connectivity index (χ2v) is 9.82. The molecular weight excluding hydrogens is 463 g/mol. The molecule has 1 aromatic carbocycles. The molecule has 0 saturated heterocycles. The van der Waals surface area contributed by atoms with Crippen LogP contribution in [0.3, 0.4) is 0 Å². The second kappa shape index (κ2) is 11.3. The van der Waals surface area contributed by atoms with E-state index in [9.17, 15) is 4.57 Å². The zero-order valence-corrected chi connectivity index (χ0v) is 20.8. The van der Waals surface area contributed by atoms with Gasteiger partial charge in [0.25, 0.3) is 0 Å². The van der Waals surface area contributed by atoms with E-state index in [2.05, 4.69) is 30.6 Å². The van der Waals surface area contributed by atoms with E-state index in [0.717, 1.165) is 28.2 Å². The monoisotopic (exact) mass is 492 g/mol. The van der Waals surface area contributed by atoms with Crippen molar-refractivity contribution in [3.63, 3.8) is 0 Å². The van der Waals surface area contributed by atoms with Crippen LogP contribution in [0.5, 0.6) is 0 Å². The second-order valence-electron chi connectivity index (χ2n) is 7.71. The fraction of sp³-hybridized carbons (Fsp3) is 0.240. The van der Waals surface area contributed by atoms with Crippen LogP contribution < -0.4 is 10.6 Å². The predicted octanol–water partition coefficient (Wildman–Crippen LogP) is 6.30. The van der Waals surface area contributed by atoms with Crippen LogP contribution >= 0.6 is 7.60 Å². The summed E-state index contributed by atoms with van der Waals surface area (Å²) in [6.45, 7) is 6.11. The van der Waals surface area contributed by atoms with Gasteiger partial charge in [-0.25, -0.2) is 9.97 Å². The van der Waals surface area contributed by atoms with Crippen LogP contribution in [-0.2, 0) is 13.6 Å². The minimum atomic E-state index is -3.51. The van der Waals surface area contributed by atoms with Gasteiger partial charge in [0.05, 0.1) is 18.9 Å². The van der Waals surface area contributed by atoms with E-state index in [1.54, 1.807) is 38.6 Å². The average Bonchev–Trinajstić information content (AvgIpc) is 3.40. The van der Waals surface area contributed by atoms with E-state index >= 15 is 0 Å². The number of hydrogen-bond acceptors (Lipinski definition) is 8. The van der Waals surface area contributed by atoms with Crippen molar-refractivity contribution in [3.8, 4) is 11.3 Å². The van der Waals surface area contributed by atoms with Crippen LogP contribution in [0.1, 0.15) is 30.9 Å². The van der Waals surface area contributed by atoms with Crippen LogP contribution in [0.4, 0.5) is 17.3 Å². The molecule has 182 valence electrons. The molecule has 0 spiro atoms. The van der Waals surface area contributed by atoms with Gasteiger partial charge in [-0.1, -0.05) is 6.07 Å². The number of aryl methyl sites for hydroxylation is 1. The molecule has 0 amide bonds. The maximum Gasteiger partial charge on any atom is 0.358 e. The molecule has 9 nitrogen and oxygen atoms in total. The Morgan fingerprint density at radius 2 is 1.89 bits per heavy atom. The highest BCUT2D eigenvalue weighted by Crippen LogP contribution is 2.60. The SMILES string of the molecule is CCOP(=O)(OCC)C(Nc1ccc(C)c(Nc2nccc(-c3cccnc3)n2)c1)c1ccc[nH]1. The predicted molar refractivity (Wildman–Crippen MR) is 138 cm³/mol. The van der Waals surface area contributed by atoms with E-state index in [0.29, 0.717) is 11.6 Å². The first-order valence-corrected chi connectivity index (χ1v) is 13.0. The molecule has 1 atom stereocenters. The summed E-state index contributed by atoms with van der Waals surface area (Å²) in [5.41, 5.74) is 4.93. The van der Waals surface area contributed by atoms with Gasteiger partial charge in [-0.3, -0.25) is 9.55 Å². The highest BCUT2D eigenvalue weighted by Gasteiger charge is 2.37. The first kappa shape index (κ1) is 24.6. The van der Waals surface area contributed by atoms with Gasteiger partial charge in [0.15, 0.2) is 5.78 Å². The summed E-state index contributed by atoms with van der Waals surface area (Å²) in [5.74, 6) is -0.250. The molecule has 0 saturated carbocycles. The molecule has 3 N–H and O–H groups in total. The van der Waals surface area contributed by atoms with Crippen molar-refractivity contribution in [1.29, 1.82) is 0 Å². The molecule has 0 radical (unpaired) electrons. The van der Waals surface area contributed by atoms with Crippen molar-refractivity contribution in [2.75, 3.05) is 23.8 Å². The Balaban J connectivity index is 1.62. The molecule has 0 aliphatic carbocycles. The summed E-state index contributed by atoms with van der Waals surface area (Å²) in [4.78, 5) is 16.3. The van der Waals surface area contributed by atoms with E-state index in [-0.39, 0.29) is 13.2 Å². The van der Waals surface area contributed by atoms with Gasteiger partial charge in [-0.05, 0) is 68.8 Å². The minimum absolute atomic E-state index is 0.265. The number of aromatic nitrogens is 4. The van der Waals surface area contributed by atoms with E-state index < -0.39 is 13.4 Å². The Morgan fingerprint density at radius 1 is 1.06 bits per heavy atom. The summed E-state index contributed by atoms with van der Waals surface area (Å²) in [7, 11) is -3.51. The van der Waals surface area contributed by atoms with Crippen molar-refractivity contribution < 1.29 is 13.6 Å². The number of hydrogen-bond donors (Lipinski definition) is 3. The van der Waals surface area contributed by atoms with Crippen molar-refractivity contribution in [3.05, 3.63) is 84.6 Å². The van der Waals surface area contributed by atoms with E-state index in [1.807, 2.05) is 55.5 Å². The van der Waals surface area contributed by atoms with Crippen LogP contribution in [0, 0.1) is 6.92 Å². The highest BCUT2D eigenvalue weighted by molar-refractivity contribution is 7.54. The van der Waals surface area contributed by atoms with Crippen molar-refractivity contribution in [2.24, 2.45) is 0 Å². The highest BCUT2D eigenvalue weighted by atomic mass is 31.2. The number of rotatable bonds is 11. The zero-order valence-electron chi connectivity index (χ0n) is 19.9. The fourth-order valence-electron chi connectivity index (χ4n) is 3.61. The summed E-state index contributed by atoms with van der Waals surface area (Å²) < 4.78 is 24.9. The Labute approximate surface area is 204 Å². The maximum absolute atomic E-state index is 13.7. The van der Waals surface area contributed by atoms with Crippen LogP contribution in [0.25, 0.3) is 11.3 Å². The Hall–Kier alpha value is -3.52. The molecule has 0 aliphatic heterocycles. The molecular formula is C25H29N6O3P. The first-order chi connectivity index (χ1) is 17.0. The number of nitrogens with one attached hydrogen (secondary N) is 3. The quantitative estimate of drug-likeness (QED) is 0.209. The molecule has 1 unspecified atom stereocenters. The standard InChI is InChI=1S/C25H29N6O3P/c1-4-33-35(32,34-5-2)24(22-9-7-14-27-22)29-20-11-10-18(3)23(16-20)31-25-28-15-12-21(30-25)19-8-6-13-26-17-19/h6-17,24,27,29H,4-5H2,1-3H3,(H,28,30,31). The van der Waals surface area contributed by atoms with E-state index in [1.165, 1.54) is 0 Å². The van der Waals surface area contributed by atoms with Gasteiger partial charge in [0, 0.05) is 47.4 Å². The summed E-state index contributed by atoms with van der Waals surface area (Å²) in [6, 6.07) is 15.2. The molecule has 0 aliphatic rings. The number of H-pyrrole nitrogens is 1. The van der Waals surface area contributed by atoms with Gasteiger partial charge in [-0.15, -0.1) is 0 Å². The molecule has 35 heavy (non-hydrogen) atoms. The molecule has 3 aromatic heterocycles. The summed E-state index contributed by atoms with van der Waals surface area (Å²) >= 11 is 0. The Morgan fingerprint density at radius 3 is 2.57 bits per heavy atom. The van der Waals surface area contributed by atoms with Crippen LogP contribution in [0.15, 0.2) is 73.3 Å². The molecule has 4 rings (SSSR count). The average molecular weight is 493 g/mol. The number of aromatic amines is 1. The van der Waals surface area contributed by atoms with Crippen molar-refractivity contribution in [2.45, 2.75) is 26.6 Å². The van der Waals surface area contributed by atoms with Gasteiger partial charge in [0.2, 0.25) is 5.95 Å². The third-order valence-electron chi connectivity index (χ3n) is 5.25. The van der Waals surface area contributed by atoms with Gasteiger partial charge < -0.3 is 24.7 Å². The summed E-state index contributed by atoms with van der Waals surface area (Å²) in [6.07, 6.45) is 6.97. The minimum Gasteiger partial charge on any atom is -0.367 e. The van der Waals surface area contributed by atoms with Crippen molar-refractivity contribution >= 4 is 24.9 Å². The topological polar surface area (TPSA) is 114 Å². The lowest BCUT2D eigenvalue weighted by atomic mass is 10.1. The molecule has 0 fully saturated rings. The first-order valence-electron chi connectivity index (χ1n) is 11.4. The summed E-state index contributed by atoms with van der Waals surface area (Å²) in [5, 5.41) is 6.65. The van der Waals surface area contributed by atoms with Crippen LogP contribution in [-0.4, -0.2) is 33.1 Å². The lowest BCUT2D eigenvalue weighted by Gasteiger charge is -2.27. The van der Waals surface area contributed by atoms with Gasteiger partial charge in [-0.2, -0.15) is 0 Å². The number of nitrogens with zero attached hydrogens (tertiary/aromatic N) is 3. The number of anilines is 3. The Kier molecular flexibility index (Phi) is 7.92. The van der Waals surface area contributed by atoms with Crippen LogP contribution in [0.2, 0.25) is 0 Å². The lowest BCUT2D eigenvalue weighted by molar-refractivity contribution is 0.214. The molecule has 3 heterocycles. The Bertz CT molecular complexity index is 1270. The van der Waals surface area contributed by atoms with Crippen molar-refractivity contribution in [1.82, 2.24) is 19.9 Å². The third-order valence-corrected chi connectivity index (χ3v) is 7.53. The zero-order chi connectivity index (χ0) is 24.7. The van der Waals surface area contributed by atoms with Gasteiger partial charge in [0.1, 0.15) is 0 Å². The normalized spacial score (nSPS) is 12.3. The molecule has 10 heteroatoms. The van der Waals surface area contributed by atoms with Gasteiger partial charge >= 0.3 is 7.60 Å². The molecule has 0 bridgehead atoms. The third kappa shape index (κ3) is 5.95. The maximum atomic E-state index is 13.7. The fourth-order valence-corrected chi connectivity index (χ4v) is 5.51. The largest absolute Gasteiger partial charge is 0.367 e. The number of benzene rings is 1. The number of pyridine rings is 1.